The van der Waals surface area contributed by atoms with E-state index in [-0.39, 0.29) is 0 Å². The zero-order valence-electron chi connectivity index (χ0n) is 6.39. The molecule has 0 spiro atoms. The Balaban J connectivity index is 3.39. The van der Waals surface area contributed by atoms with Gasteiger partial charge in [0.05, 0.1) is 0 Å². The molecule has 0 aliphatic rings. The molecule has 0 aliphatic carbocycles. The molecule has 0 bridgehead atoms. The van der Waals surface area contributed by atoms with Crippen LogP contribution in [-0.2, 0) is 0 Å². The van der Waals surface area contributed by atoms with Crippen molar-refractivity contribution in [2.24, 2.45) is 0 Å². The van der Waals surface area contributed by atoms with Crippen LogP contribution in [0.15, 0.2) is 0 Å². The number of hydrogen-bond acceptors (Lipinski definition) is 1. The minimum Gasteiger partial charge on any atom is -0.598 e. The Morgan fingerprint density at radius 1 is 1.12 bits per heavy atom. The largest absolute Gasteiger partial charge is 0.598 e. The van der Waals surface area contributed by atoms with Crippen molar-refractivity contribution in [2.75, 3.05) is 14.1 Å². The van der Waals surface area contributed by atoms with Crippen molar-refractivity contribution in [3.05, 3.63) is 5.09 Å². The Labute approximate surface area is 52.9 Å². The van der Waals surface area contributed by atoms with E-state index in [4.69, 9.17) is 0 Å². The second kappa shape index (κ2) is 2.62. The minimum atomic E-state index is -1.17. The molecule has 0 aromatic rings. The molecule has 3 heteroatoms. The molecule has 0 N–H and O–H groups in total. The highest BCUT2D eigenvalue weighted by Gasteiger charge is 1.96. The van der Waals surface area contributed by atoms with Crippen LogP contribution in [0.1, 0.15) is 0 Å². The summed E-state index contributed by atoms with van der Waals surface area (Å²) >= 11 is 0. The predicted molar refractivity (Wildman–Crippen MR) is 40.4 cm³/mol. The monoisotopic (exact) mass is 131 g/mol. The van der Waals surface area contributed by atoms with E-state index in [1.54, 1.807) is 0 Å². The van der Waals surface area contributed by atoms with Crippen LogP contribution in [0.25, 0.3) is 5.09 Å². The van der Waals surface area contributed by atoms with Crippen LogP contribution in [0.4, 0.5) is 0 Å². The first kappa shape index (κ1) is 8.14. The highest BCUT2D eigenvalue weighted by atomic mass is 28.3. The van der Waals surface area contributed by atoms with Crippen molar-refractivity contribution >= 4 is 8.24 Å². The zero-order chi connectivity index (χ0) is 6.78. The first-order valence-electron chi connectivity index (χ1n) is 2.82. The van der Waals surface area contributed by atoms with Crippen LogP contribution in [0.2, 0.25) is 19.6 Å². The van der Waals surface area contributed by atoms with E-state index in [9.17, 15) is 0 Å². The minimum absolute atomic E-state index is 1.17. The van der Waals surface area contributed by atoms with E-state index in [1.165, 1.54) is 0 Å². The summed E-state index contributed by atoms with van der Waals surface area (Å²) in [6.07, 6.45) is 0. The molecule has 0 amide bonds. The summed E-state index contributed by atoms with van der Waals surface area (Å²) in [6.45, 7) is 6.65. The van der Waals surface area contributed by atoms with E-state index in [1.807, 2.05) is 19.1 Å². The second-order valence-electron chi connectivity index (χ2n) is 3.12. The van der Waals surface area contributed by atoms with Crippen LogP contribution in [0.3, 0.4) is 0 Å². The maximum Gasteiger partial charge on any atom is -0.0320 e. The van der Waals surface area contributed by atoms with Gasteiger partial charge in [0.1, 0.15) is 0 Å². The van der Waals surface area contributed by atoms with Crippen molar-refractivity contribution in [2.45, 2.75) is 19.6 Å². The summed E-state index contributed by atoms with van der Waals surface area (Å²) in [4.78, 5) is 0. The molecule has 0 aromatic heterocycles. The van der Waals surface area contributed by atoms with Gasteiger partial charge in [-0.3, -0.25) is 0 Å². The van der Waals surface area contributed by atoms with Gasteiger partial charge in [-0.1, -0.05) is 27.9 Å². The predicted octanol–water partition coefficient (Wildman–Crippen LogP) is 1.67. The number of nitrogens with zero attached hydrogens (tertiary/aromatic N) is 2. The van der Waals surface area contributed by atoms with Crippen LogP contribution < -0.4 is 0 Å². The Morgan fingerprint density at radius 3 is 1.50 bits per heavy atom. The lowest BCUT2D eigenvalue weighted by molar-refractivity contribution is 0.543. The van der Waals surface area contributed by atoms with Crippen LogP contribution in [-0.4, -0.2) is 27.3 Å². The molecule has 0 aliphatic heterocycles. The smallest absolute Gasteiger partial charge is 0.0320 e. The third-order valence-corrected chi connectivity index (χ3v) is 1.50. The van der Waals surface area contributed by atoms with Gasteiger partial charge in [0.15, 0.2) is 0 Å². The molecule has 0 saturated heterocycles. The van der Waals surface area contributed by atoms with Gasteiger partial charge in [0, 0.05) is 0 Å². The molecule has 0 fully saturated rings. The molecular weight excluding hydrogens is 116 g/mol. The van der Waals surface area contributed by atoms with Gasteiger partial charge in [0.25, 0.3) is 0 Å². The fourth-order valence-corrected chi connectivity index (χ4v) is 1.80. The van der Waals surface area contributed by atoms with E-state index < -0.39 is 8.24 Å². The first-order valence-corrected chi connectivity index (χ1v) is 6.27. The SMILES string of the molecule is CN(C)[N-][Si](C)(C)C. The van der Waals surface area contributed by atoms with E-state index >= 15 is 0 Å². The van der Waals surface area contributed by atoms with E-state index in [2.05, 4.69) is 24.7 Å². The van der Waals surface area contributed by atoms with Gasteiger partial charge < -0.3 is 10.1 Å². The standard InChI is InChI=1S/C5H15N2Si/c1-7(2)6-8(3,4)5/h1-5H3/q-1. The van der Waals surface area contributed by atoms with Crippen LogP contribution in [0, 0.1) is 0 Å². The van der Waals surface area contributed by atoms with E-state index in [0.29, 0.717) is 0 Å². The fraction of sp³-hybridized carbons (Fsp3) is 1.00. The van der Waals surface area contributed by atoms with Crippen molar-refractivity contribution in [3.8, 4) is 0 Å². The molecule has 2 nitrogen and oxygen atoms in total. The molecule has 0 heterocycles. The highest BCUT2D eigenvalue weighted by Crippen LogP contribution is 2.09. The normalized spacial score (nSPS) is 12.8. The topological polar surface area (TPSA) is 17.3 Å². The Bertz CT molecular complexity index is 65.3. The Kier molecular flexibility index (Phi) is 2.66. The molecule has 0 saturated carbocycles. The summed E-state index contributed by atoms with van der Waals surface area (Å²) in [5.74, 6) is 0. The van der Waals surface area contributed by atoms with Crippen molar-refractivity contribution in [1.29, 1.82) is 0 Å². The first-order chi connectivity index (χ1) is 3.42. The van der Waals surface area contributed by atoms with Gasteiger partial charge in [-0.15, -0.1) is 0 Å². The average Bonchev–Trinajstić information content (AvgIpc) is 1.21. The van der Waals surface area contributed by atoms with Gasteiger partial charge in [-0.2, -0.15) is 0 Å². The summed E-state index contributed by atoms with van der Waals surface area (Å²) in [5, 5.41) is 6.28. The van der Waals surface area contributed by atoms with Crippen molar-refractivity contribution < 1.29 is 0 Å². The van der Waals surface area contributed by atoms with Gasteiger partial charge in [-0.05, 0) is 14.1 Å². The Morgan fingerprint density at radius 2 is 1.50 bits per heavy atom. The maximum atomic E-state index is 4.38. The van der Waals surface area contributed by atoms with E-state index in [0.717, 1.165) is 0 Å². The fourth-order valence-electron chi connectivity index (χ4n) is 0.600. The molecule has 8 heavy (non-hydrogen) atoms. The van der Waals surface area contributed by atoms with Gasteiger partial charge in [0.2, 0.25) is 0 Å². The summed E-state index contributed by atoms with van der Waals surface area (Å²) in [6, 6.07) is 0. The van der Waals surface area contributed by atoms with Crippen LogP contribution >= 0.6 is 0 Å². The molecule has 0 radical (unpaired) electrons. The average molecular weight is 131 g/mol. The molecular formula is C5H15N2Si-. The summed E-state index contributed by atoms with van der Waals surface area (Å²) < 4.78 is 0. The van der Waals surface area contributed by atoms with Gasteiger partial charge in [-0.25, -0.2) is 0 Å². The molecule has 0 atom stereocenters. The quantitative estimate of drug-likeness (QED) is 0.411. The van der Waals surface area contributed by atoms with Crippen molar-refractivity contribution in [1.82, 2.24) is 5.01 Å². The lowest BCUT2D eigenvalue weighted by Gasteiger charge is -2.41. The van der Waals surface area contributed by atoms with Crippen molar-refractivity contribution in [3.63, 3.8) is 0 Å². The molecule has 0 rings (SSSR count). The number of rotatable bonds is 2. The summed E-state index contributed by atoms with van der Waals surface area (Å²) in [7, 11) is 2.77. The highest BCUT2D eigenvalue weighted by molar-refractivity contribution is 6.80. The number of hydrogen-bond donors (Lipinski definition) is 0. The third-order valence-electron chi connectivity index (χ3n) is 0.500. The third kappa shape index (κ3) is 6.14. The maximum absolute atomic E-state index is 4.38. The molecule has 0 unspecified atom stereocenters. The zero-order valence-corrected chi connectivity index (χ0v) is 7.39. The Hall–Kier alpha value is 0.137. The second-order valence-corrected chi connectivity index (χ2v) is 7.66. The van der Waals surface area contributed by atoms with Crippen LogP contribution in [0.5, 0.6) is 0 Å². The lowest BCUT2D eigenvalue weighted by Crippen LogP contribution is -2.26. The molecule has 0 aromatic carbocycles. The lowest BCUT2D eigenvalue weighted by atomic mass is 11.2. The molecule has 50 valence electrons. The van der Waals surface area contributed by atoms with Gasteiger partial charge >= 0.3 is 0 Å². The summed E-state index contributed by atoms with van der Waals surface area (Å²) in [5.41, 5.74) is 0.